The Labute approximate surface area is 112 Å². The van der Waals surface area contributed by atoms with Crippen LogP contribution in [0.2, 0.25) is 0 Å². The fourth-order valence-electron chi connectivity index (χ4n) is 1.46. The van der Waals surface area contributed by atoms with Gasteiger partial charge in [-0.25, -0.2) is 4.39 Å². The minimum absolute atomic E-state index is 0.0701. The smallest absolute Gasteiger partial charge is 0.141 e. The zero-order chi connectivity index (χ0) is 13.0. The van der Waals surface area contributed by atoms with Crippen LogP contribution in [0.5, 0.6) is 5.75 Å². The molecule has 0 unspecified atom stereocenters. The lowest BCUT2D eigenvalue weighted by Gasteiger charge is -2.08. The highest BCUT2D eigenvalue weighted by Gasteiger charge is 2.02. The predicted octanol–water partition coefficient (Wildman–Crippen LogP) is 3.05. The molecule has 0 saturated heterocycles. The SMILES string of the molecule is OCc1cc(OCc2cncc(F)c2)ccc1Br. The van der Waals surface area contributed by atoms with Crippen molar-refractivity contribution in [1.29, 1.82) is 0 Å². The number of rotatable bonds is 4. The second-order valence-corrected chi connectivity index (χ2v) is 4.57. The van der Waals surface area contributed by atoms with Crippen LogP contribution in [-0.2, 0) is 13.2 Å². The van der Waals surface area contributed by atoms with Crippen molar-refractivity contribution >= 4 is 15.9 Å². The normalized spacial score (nSPS) is 10.4. The number of aliphatic hydroxyl groups is 1. The average Bonchev–Trinajstić information content (AvgIpc) is 2.38. The molecule has 1 heterocycles. The first-order valence-electron chi connectivity index (χ1n) is 5.30. The fraction of sp³-hybridized carbons (Fsp3) is 0.154. The molecular formula is C13H11BrFNO2. The van der Waals surface area contributed by atoms with E-state index in [-0.39, 0.29) is 19.0 Å². The maximum absolute atomic E-state index is 12.9. The van der Waals surface area contributed by atoms with Crippen molar-refractivity contribution in [1.82, 2.24) is 4.98 Å². The molecule has 0 radical (unpaired) electrons. The van der Waals surface area contributed by atoms with Crippen LogP contribution < -0.4 is 4.74 Å². The summed E-state index contributed by atoms with van der Waals surface area (Å²) in [5.74, 6) is 0.231. The van der Waals surface area contributed by atoms with Crippen LogP contribution in [0.1, 0.15) is 11.1 Å². The molecule has 0 amide bonds. The number of aromatic nitrogens is 1. The lowest BCUT2D eigenvalue weighted by molar-refractivity contribution is 0.277. The van der Waals surface area contributed by atoms with Gasteiger partial charge in [0.2, 0.25) is 0 Å². The lowest BCUT2D eigenvalue weighted by atomic mass is 10.2. The molecule has 1 N–H and O–H groups in total. The third kappa shape index (κ3) is 3.27. The van der Waals surface area contributed by atoms with Gasteiger partial charge in [0.25, 0.3) is 0 Å². The van der Waals surface area contributed by atoms with Crippen molar-refractivity contribution in [3.8, 4) is 5.75 Å². The number of hydrogen-bond acceptors (Lipinski definition) is 3. The average molecular weight is 312 g/mol. The maximum atomic E-state index is 12.9. The molecule has 0 saturated carbocycles. The molecule has 0 aliphatic carbocycles. The molecule has 1 aromatic heterocycles. The Morgan fingerprint density at radius 3 is 2.83 bits per heavy atom. The minimum Gasteiger partial charge on any atom is -0.489 e. The summed E-state index contributed by atoms with van der Waals surface area (Å²) in [6.45, 7) is 0.163. The van der Waals surface area contributed by atoms with Crippen LogP contribution in [0.15, 0.2) is 41.1 Å². The third-order valence-electron chi connectivity index (χ3n) is 2.35. The van der Waals surface area contributed by atoms with Crippen LogP contribution in [0.4, 0.5) is 4.39 Å². The maximum Gasteiger partial charge on any atom is 0.141 e. The molecule has 5 heteroatoms. The number of halogens is 2. The summed E-state index contributed by atoms with van der Waals surface area (Å²) < 4.78 is 19.2. The van der Waals surface area contributed by atoms with Gasteiger partial charge in [0.05, 0.1) is 12.8 Å². The van der Waals surface area contributed by atoms with E-state index in [1.807, 2.05) is 0 Å². The Morgan fingerprint density at radius 1 is 1.28 bits per heavy atom. The Hall–Kier alpha value is -1.46. The molecule has 0 aliphatic heterocycles. The summed E-state index contributed by atoms with van der Waals surface area (Å²) in [6.07, 6.45) is 2.70. The van der Waals surface area contributed by atoms with Crippen molar-refractivity contribution in [2.45, 2.75) is 13.2 Å². The van der Waals surface area contributed by atoms with E-state index < -0.39 is 0 Å². The Morgan fingerprint density at radius 2 is 2.11 bits per heavy atom. The first-order valence-corrected chi connectivity index (χ1v) is 6.10. The van der Waals surface area contributed by atoms with E-state index in [0.29, 0.717) is 11.3 Å². The first-order chi connectivity index (χ1) is 8.69. The van der Waals surface area contributed by atoms with Crippen LogP contribution in [0.25, 0.3) is 0 Å². The van der Waals surface area contributed by atoms with Gasteiger partial charge in [-0.1, -0.05) is 15.9 Å². The number of aliphatic hydroxyl groups excluding tert-OH is 1. The van der Waals surface area contributed by atoms with Crippen molar-refractivity contribution < 1.29 is 14.2 Å². The number of ether oxygens (including phenoxy) is 1. The van der Waals surface area contributed by atoms with Gasteiger partial charge in [0.15, 0.2) is 0 Å². The predicted molar refractivity (Wildman–Crippen MR) is 68.6 cm³/mol. The summed E-state index contributed by atoms with van der Waals surface area (Å²) in [5, 5.41) is 9.12. The van der Waals surface area contributed by atoms with E-state index in [1.165, 1.54) is 6.07 Å². The molecule has 2 aromatic rings. The Bertz CT molecular complexity index is 548. The zero-order valence-electron chi connectivity index (χ0n) is 9.44. The summed E-state index contributed by atoms with van der Waals surface area (Å²) in [4.78, 5) is 3.74. The number of nitrogens with zero attached hydrogens (tertiary/aromatic N) is 1. The number of benzene rings is 1. The van der Waals surface area contributed by atoms with Gasteiger partial charge >= 0.3 is 0 Å². The molecule has 2 rings (SSSR count). The van der Waals surface area contributed by atoms with E-state index in [2.05, 4.69) is 20.9 Å². The summed E-state index contributed by atoms with van der Waals surface area (Å²) in [6, 6.07) is 6.68. The lowest BCUT2D eigenvalue weighted by Crippen LogP contribution is -1.98. The van der Waals surface area contributed by atoms with Gasteiger partial charge < -0.3 is 9.84 Å². The van der Waals surface area contributed by atoms with E-state index in [1.54, 1.807) is 24.4 Å². The van der Waals surface area contributed by atoms with E-state index in [0.717, 1.165) is 16.2 Å². The van der Waals surface area contributed by atoms with Crippen LogP contribution in [-0.4, -0.2) is 10.1 Å². The first kappa shape index (κ1) is 13.0. The molecule has 0 spiro atoms. The largest absolute Gasteiger partial charge is 0.489 e. The summed E-state index contributed by atoms with van der Waals surface area (Å²) in [7, 11) is 0. The van der Waals surface area contributed by atoms with Gasteiger partial charge in [-0.2, -0.15) is 0 Å². The Balaban J connectivity index is 2.06. The molecule has 1 aromatic carbocycles. The molecule has 94 valence electrons. The van der Waals surface area contributed by atoms with Crippen molar-refractivity contribution in [2.24, 2.45) is 0 Å². The van der Waals surface area contributed by atoms with E-state index >= 15 is 0 Å². The van der Waals surface area contributed by atoms with Gasteiger partial charge in [-0.05, 0) is 29.8 Å². The number of hydrogen-bond donors (Lipinski definition) is 1. The zero-order valence-corrected chi connectivity index (χ0v) is 11.0. The molecule has 0 bridgehead atoms. The molecule has 0 aliphatic rings. The highest BCUT2D eigenvalue weighted by atomic mass is 79.9. The second kappa shape index (κ2) is 5.93. The van der Waals surface area contributed by atoms with Crippen molar-refractivity contribution in [3.05, 3.63) is 58.1 Å². The molecule has 18 heavy (non-hydrogen) atoms. The van der Waals surface area contributed by atoms with Crippen LogP contribution in [0.3, 0.4) is 0 Å². The fourth-order valence-corrected chi connectivity index (χ4v) is 1.84. The molecule has 3 nitrogen and oxygen atoms in total. The quantitative estimate of drug-likeness (QED) is 0.943. The van der Waals surface area contributed by atoms with Gasteiger partial charge in [0, 0.05) is 16.2 Å². The van der Waals surface area contributed by atoms with Crippen LogP contribution in [0, 0.1) is 5.82 Å². The molecule has 0 fully saturated rings. The highest BCUT2D eigenvalue weighted by molar-refractivity contribution is 9.10. The van der Waals surface area contributed by atoms with Crippen molar-refractivity contribution in [3.63, 3.8) is 0 Å². The Kier molecular flexibility index (Phi) is 4.28. The summed E-state index contributed by atoms with van der Waals surface area (Å²) in [5.41, 5.74) is 1.40. The summed E-state index contributed by atoms with van der Waals surface area (Å²) >= 11 is 3.32. The number of pyridine rings is 1. The van der Waals surface area contributed by atoms with Gasteiger partial charge in [0.1, 0.15) is 18.2 Å². The van der Waals surface area contributed by atoms with E-state index in [4.69, 9.17) is 9.84 Å². The van der Waals surface area contributed by atoms with Gasteiger partial charge in [-0.3, -0.25) is 4.98 Å². The van der Waals surface area contributed by atoms with Gasteiger partial charge in [-0.15, -0.1) is 0 Å². The second-order valence-electron chi connectivity index (χ2n) is 3.71. The van der Waals surface area contributed by atoms with E-state index in [9.17, 15) is 4.39 Å². The molecular weight excluding hydrogens is 301 g/mol. The topological polar surface area (TPSA) is 42.4 Å². The highest BCUT2D eigenvalue weighted by Crippen LogP contribution is 2.23. The third-order valence-corrected chi connectivity index (χ3v) is 3.13. The van der Waals surface area contributed by atoms with Crippen molar-refractivity contribution in [2.75, 3.05) is 0 Å². The molecule has 0 atom stereocenters. The monoisotopic (exact) mass is 311 g/mol. The van der Waals surface area contributed by atoms with Crippen LogP contribution >= 0.6 is 15.9 Å². The standard InChI is InChI=1S/C13H11BrFNO2/c14-13-2-1-12(4-10(13)7-17)18-8-9-3-11(15)6-16-5-9/h1-6,17H,7-8H2. The minimum atomic E-state index is -0.386.